The SMILES string of the molecule is NC1C2=C(N=CN1c1ccc(F)c(Cl)c1)N(c1ccc(S(=O)(=O)N3CCOCC3)cc1)C(N)S2. The number of anilines is 2. The van der Waals surface area contributed by atoms with Gasteiger partial charge in [-0.2, -0.15) is 4.31 Å². The van der Waals surface area contributed by atoms with Gasteiger partial charge in [-0.25, -0.2) is 17.8 Å². The quantitative estimate of drug-likeness (QED) is 0.625. The molecule has 1 saturated heterocycles. The number of hydrogen-bond donors (Lipinski definition) is 2. The normalized spacial score (nSPS) is 23.5. The molecule has 3 aliphatic rings. The van der Waals surface area contributed by atoms with Gasteiger partial charge in [0.05, 0.1) is 34.4 Å². The van der Waals surface area contributed by atoms with Crippen LogP contribution in [0.4, 0.5) is 15.8 Å². The molecule has 3 aliphatic heterocycles. The molecule has 2 atom stereocenters. The molecule has 3 heterocycles. The molecule has 0 saturated carbocycles. The fourth-order valence-corrected chi connectivity index (χ4v) is 6.65. The smallest absolute Gasteiger partial charge is 0.243 e. The summed E-state index contributed by atoms with van der Waals surface area (Å²) < 4.78 is 46.1. The molecule has 4 N–H and O–H groups in total. The molecule has 0 aliphatic carbocycles. The first-order valence-corrected chi connectivity index (χ1v) is 13.1. The number of halogens is 2. The van der Waals surface area contributed by atoms with E-state index in [-0.39, 0.29) is 9.92 Å². The third-order valence-corrected chi connectivity index (χ3v) is 9.08. The molecule has 1 fully saturated rings. The molecule has 2 aromatic rings. The number of aliphatic imine (C=N–C) groups is 1. The van der Waals surface area contributed by atoms with Crippen LogP contribution in [0.3, 0.4) is 0 Å². The fraction of sp³-hybridized carbons (Fsp3) is 0.286. The third-order valence-electron chi connectivity index (χ3n) is 5.75. The molecular formula is C21H22ClFN6O3S2. The van der Waals surface area contributed by atoms with Crippen LogP contribution in [0.15, 0.2) is 63.1 Å². The van der Waals surface area contributed by atoms with Gasteiger partial charge in [0.1, 0.15) is 23.3 Å². The number of rotatable bonds is 4. The van der Waals surface area contributed by atoms with Crippen molar-refractivity contribution in [2.75, 3.05) is 36.1 Å². The number of nitrogens with zero attached hydrogens (tertiary/aromatic N) is 4. The van der Waals surface area contributed by atoms with Gasteiger partial charge in [0.15, 0.2) is 0 Å². The molecule has 0 spiro atoms. The van der Waals surface area contributed by atoms with Crippen molar-refractivity contribution in [1.82, 2.24) is 4.31 Å². The van der Waals surface area contributed by atoms with Crippen LogP contribution >= 0.6 is 23.4 Å². The zero-order chi connectivity index (χ0) is 24.0. The van der Waals surface area contributed by atoms with Crippen molar-refractivity contribution in [3.63, 3.8) is 0 Å². The van der Waals surface area contributed by atoms with Crippen molar-refractivity contribution in [1.29, 1.82) is 0 Å². The zero-order valence-electron chi connectivity index (χ0n) is 17.8. The van der Waals surface area contributed by atoms with E-state index in [0.717, 1.165) is 4.91 Å². The maximum absolute atomic E-state index is 13.6. The van der Waals surface area contributed by atoms with E-state index < -0.39 is 27.5 Å². The van der Waals surface area contributed by atoms with Gasteiger partial charge >= 0.3 is 0 Å². The summed E-state index contributed by atoms with van der Waals surface area (Å²) in [6, 6.07) is 10.9. The summed E-state index contributed by atoms with van der Waals surface area (Å²) in [6.45, 7) is 1.42. The lowest BCUT2D eigenvalue weighted by Crippen LogP contribution is -2.44. The molecule has 2 unspecified atom stereocenters. The van der Waals surface area contributed by atoms with Crippen molar-refractivity contribution in [3.8, 4) is 0 Å². The van der Waals surface area contributed by atoms with Crippen LogP contribution in [-0.4, -0.2) is 57.0 Å². The maximum Gasteiger partial charge on any atom is 0.243 e. The lowest BCUT2D eigenvalue weighted by molar-refractivity contribution is 0.0730. The topological polar surface area (TPSA) is 117 Å². The lowest BCUT2D eigenvalue weighted by Gasteiger charge is -2.31. The number of ether oxygens (including phenoxy) is 1. The Labute approximate surface area is 205 Å². The molecule has 0 aromatic heterocycles. The minimum Gasteiger partial charge on any atom is -0.379 e. The van der Waals surface area contributed by atoms with E-state index >= 15 is 0 Å². The minimum atomic E-state index is -3.60. The Morgan fingerprint density at radius 2 is 1.76 bits per heavy atom. The molecule has 0 amide bonds. The highest BCUT2D eigenvalue weighted by molar-refractivity contribution is 8.04. The van der Waals surface area contributed by atoms with E-state index in [1.807, 2.05) is 0 Å². The third kappa shape index (κ3) is 4.09. The second kappa shape index (κ2) is 9.11. The number of sulfonamides is 1. The molecule has 0 radical (unpaired) electrons. The van der Waals surface area contributed by atoms with Gasteiger partial charge in [-0.1, -0.05) is 23.4 Å². The summed E-state index contributed by atoms with van der Waals surface area (Å²) in [4.78, 5) is 8.98. The van der Waals surface area contributed by atoms with Gasteiger partial charge < -0.3 is 21.1 Å². The molecule has 180 valence electrons. The second-order valence-corrected chi connectivity index (χ2v) is 11.3. The number of nitrogens with two attached hydrogens (primary N) is 2. The van der Waals surface area contributed by atoms with Crippen LogP contribution in [-0.2, 0) is 14.8 Å². The van der Waals surface area contributed by atoms with Crippen LogP contribution in [0, 0.1) is 5.82 Å². The van der Waals surface area contributed by atoms with Gasteiger partial charge in [0.2, 0.25) is 10.0 Å². The summed E-state index contributed by atoms with van der Waals surface area (Å²) in [5.74, 6) is 0.0635. The van der Waals surface area contributed by atoms with Gasteiger partial charge in [-0.15, -0.1) is 0 Å². The van der Waals surface area contributed by atoms with E-state index in [9.17, 15) is 12.8 Å². The average Bonchev–Trinajstić information content (AvgIpc) is 3.18. The fourth-order valence-electron chi connectivity index (χ4n) is 3.97. The van der Waals surface area contributed by atoms with Crippen LogP contribution in [0.25, 0.3) is 0 Å². The van der Waals surface area contributed by atoms with E-state index in [1.165, 1.54) is 28.2 Å². The molecule has 13 heteroatoms. The van der Waals surface area contributed by atoms with Gasteiger partial charge in [0.25, 0.3) is 0 Å². The number of benzene rings is 2. The highest BCUT2D eigenvalue weighted by Crippen LogP contribution is 2.43. The number of hydrogen-bond acceptors (Lipinski definition) is 9. The predicted molar refractivity (Wildman–Crippen MR) is 131 cm³/mol. The Morgan fingerprint density at radius 3 is 2.44 bits per heavy atom. The molecule has 34 heavy (non-hydrogen) atoms. The number of thioether (sulfide) groups is 1. The van der Waals surface area contributed by atoms with Crippen molar-refractivity contribution >= 4 is 51.1 Å². The molecule has 9 nitrogen and oxygen atoms in total. The minimum absolute atomic E-state index is 0.0117. The summed E-state index contributed by atoms with van der Waals surface area (Å²) >= 11 is 7.28. The maximum atomic E-state index is 13.6. The van der Waals surface area contributed by atoms with Gasteiger partial charge in [0, 0.05) is 24.5 Å². The van der Waals surface area contributed by atoms with Crippen molar-refractivity contribution in [3.05, 3.63) is 64.0 Å². The zero-order valence-corrected chi connectivity index (χ0v) is 20.2. The van der Waals surface area contributed by atoms with Crippen LogP contribution in [0.1, 0.15) is 0 Å². The largest absolute Gasteiger partial charge is 0.379 e. The van der Waals surface area contributed by atoms with Gasteiger partial charge in [-0.3, -0.25) is 4.90 Å². The number of morpholine rings is 1. The van der Waals surface area contributed by atoms with E-state index in [2.05, 4.69) is 4.99 Å². The average molecular weight is 525 g/mol. The molecule has 2 aromatic carbocycles. The lowest BCUT2D eigenvalue weighted by atomic mass is 10.2. The Morgan fingerprint density at radius 1 is 1.09 bits per heavy atom. The monoisotopic (exact) mass is 524 g/mol. The van der Waals surface area contributed by atoms with Crippen LogP contribution in [0.2, 0.25) is 5.02 Å². The van der Waals surface area contributed by atoms with E-state index in [1.54, 1.807) is 46.5 Å². The van der Waals surface area contributed by atoms with Crippen molar-refractivity contribution in [2.24, 2.45) is 16.5 Å². The van der Waals surface area contributed by atoms with Crippen LogP contribution in [0.5, 0.6) is 0 Å². The van der Waals surface area contributed by atoms with Gasteiger partial charge in [-0.05, 0) is 42.5 Å². The first-order valence-electron chi connectivity index (χ1n) is 10.4. The Balaban J connectivity index is 1.40. The highest BCUT2D eigenvalue weighted by atomic mass is 35.5. The summed E-state index contributed by atoms with van der Waals surface area (Å²) in [6.07, 6.45) is 0.951. The van der Waals surface area contributed by atoms with Crippen molar-refractivity contribution in [2.45, 2.75) is 16.6 Å². The Kier molecular flexibility index (Phi) is 6.31. The molecular weight excluding hydrogens is 503 g/mol. The van der Waals surface area contributed by atoms with E-state index in [4.69, 9.17) is 27.8 Å². The Bertz CT molecular complexity index is 1270. The van der Waals surface area contributed by atoms with Crippen molar-refractivity contribution < 1.29 is 17.5 Å². The second-order valence-electron chi connectivity index (χ2n) is 7.77. The summed E-state index contributed by atoms with van der Waals surface area (Å²) in [5, 5.41) is -0.0117. The Hall–Kier alpha value is -2.19. The van der Waals surface area contributed by atoms with E-state index in [0.29, 0.717) is 43.5 Å². The molecule has 0 bridgehead atoms. The highest BCUT2D eigenvalue weighted by Gasteiger charge is 2.38. The first-order chi connectivity index (χ1) is 16.3. The molecule has 5 rings (SSSR count). The summed E-state index contributed by atoms with van der Waals surface area (Å²) in [5.41, 5.74) is 13.7. The summed E-state index contributed by atoms with van der Waals surface area (Å²) in [7, 11) is -3.60. The standard InChI is InChI=1S/C21H22ClFN6O3S2/c22-16-11-14(3-6-17(16)23)28-12-26-20-18(19(28)24)33-21(25)29(20)13-1-4-15(5-2-13)34(30,31)27-7-9-32-10-8-27/h1-6,11-12,19,21H,7-10,24-25H2. The van der Waals surface area contributed by atoms with Crippen LogP contribution < -0.4 is 21.3 Å². The predicted octanol–water partition coefficient (Wildman–Crippen LogP) is 2.30. The first kappa shape index (κ1) is 23.5.